The molecule has 1 amide bonds. The number of nitrogens with zero attached hydrogens (tertiary/aromatic N) is 1. The van der Waals surface area contributed by atoms with E-state index < -0.39 is 11.6 Å². The van der Waals surface area contributed by atoms with E-state index in [1.807, 2.05) is 20.8 Å². The standard InChI is InChI=1S/C14H24N2O4/c1-5-19-12(17)11-10-7-6-9(8-15-11)16(10)13(18)20-14(2,3)4/h9-11,15H,5-8H2,1-4H3/t9-,10+,11+/m1/s1. The SMILES string of the molecule is CCOC(=O)[C@H]1NC[C@H]2CC[C@@H]1N2C(=O)OC(C)(C)C. The minimum atomic E-state index is -0.527. The van der Waals surface area contributed by atoms with Gasteiger partial charge in [-0.1, -0.05) is 0 Å². The Kier molecular flexibility index (Phi) is 4.22. The molecule has 2 rings (SSSR count). The first-order valence-corrected chi connectivity index (χ1v) is 7.25. The number of piperazine rings is 1. The number of hydrogen-bond donors (Lipinski definition) is 1. The van der Waals surface area contributed by atoms with Crippen LogP contribution in [0.4, 0.5) is 4.79 Å². The van der Waals surface area contributed by atoms with Gasteiger partial charge in [0.15, 0.2) is 0 Å². The minimum absolute atomic E-state index is 0.112. The number of carbonyl (C=O) groups excluding carboxylic acids is 2. The van der Waals surface area contributed by atoms with Crippen LogP contribution in [0.2, 0.25) is 0 Å². The largest absolute Gasteiger partial charge is 0.465 e. The average molecular weight is 284 g/mol. The molecular weight excluding hydrogens is 260 g/mol. The maximum absolute atomic E-state index is 12.3. The molecule has 0 saturated carbocycles. The molecule has 0 radical (unpaired) electrons. The summed E-state index contributed by atoms with van der Waals surface area (Å²) >= 11 is 0. The molecule has 114 valence electrons. The third-order valence-electron chi connectivity index (χ3n) is 3.65. The summed E-state index contributed by atoms with van der Waals surface area (Å²) in [5.41, 5.74) is -0.527. The van der Waals surface area contributed by atoms with Crippen molar-refractivity contribution < 1.29 is 19.1 Å². The van der Waals surface area contributed by atoms with Gasteiger partial charge in [0, 0.05) is 12.6 Å². The number of hydrogen-bond acceptors (Lipinski definition) is 5. The summed E-state index contributed by atoms with van der Waals surface area (Å²) < 4.78 is 10.5. The van der Waals surface area contributed by atoms with Gasteiger partial charge in [0.25, 0.3) is 0 Å². The van der Waals surface area contributed by atoms with Crippen LogP contribution in [0.15, 0.2) is 0 Å². The van der Waals surface area contributed by atoms with Gasteiger partial charge < -0.3 is 14.8 Å². The van der Waals surface area contributed by atoms with Gasteiger partial charge in [-0.2, -0.15) is 0 Å². The van der Waals surface area contributed by atoms with Crippen LogP contribution in [-0.4, -0.2) is 53.8 Å². The van der Waals surface area contributed by atoms with Gasteiger partial charge in [-0.3, -0.25) is 9.69 Å². The highest BCUT2D eigenvalue weighted by Crippen LogP contribution is 2.31. The van der Waals surface area contributed by atoms with Crippen LogP contribution in [0.25, 0.3) is 0 Å². The van der Waals surface area contributed by atoms with E-state index in [9.17, 15) is 9.59 Å². The number of amides is 1. The van der Waals surface area contributed by atoms with Crippen molar-refractivity contribution in [1.82, 2.24) is 10.2 Å². The molecule has 3 atom stereocenters. The number of rotatable bonds is 2. The molecule has 2 aliphatic heterocycles. The Bertz CT molecular complexity index is 391. The number of ether oxygens (including phenoxy) is 2. The zero-order chi connectivity index (χ0) is 14.9. The molecule has 2 aliphatic rings. The van der Waals surface area contributed by atoms with E-state index in [2.05, 4.69) is 5.32 Å². The van der Waals surface area contributed by atoms with Crippen LogP contribution in [0, 0.1) is 0 Å². The molecule has 2 fully saturated rings. The molecule has 0 aromatic heterocycles. The number of nitrogens with one attached hydrogen (secondary N) is 1. The summed E-state index contributed by atoms with van der Waals surface area (Å²) in [7, 11) is 0. The van der Waals surface area contributed by atoms with E-state index in [1.54, 1.807) is 11.8 Å². The highest BCUT2D eigenvalue weighted by molar-refractivity contribution is 5.79. The molecule has 6 heteroatoms. The lowest BCUT2D eigenvalue weighted by atomic mass is 10.1. The molecular formula is C14H24N2O4. The number of esters is 1. The van der Waals surface area contributed by atoms with E-state index in [4.69, 9.17) is 9.47 Å². The Morgan fingerprint density at radius 3 is 2.60 bits per heavy atom. The average Bonchev–Trinajstić information content (AvgIpc) is 2.62. The number of fused-ring (bicyclic) bond motifs is 2. The van der Waals surface area contributed by atoms with Crippen molar-refractivity contribution in [2.24, 2.45) is 0 Å². The van der Waals surface area contributed by atoms with Crippen molar-refractivity contribution in [3.05, 3.63) is 0 Å². The normalized spacial score (nSPS) is 29.2. The summed E-state index contributed by atoms with van der Waals surface area (Å²) in [6, 6.07) is -0.496. The van der Waals surface area contributed by atoms with Crippen molar-refractivity contribution >= 4 is 12.1 Å². The molecule has 0 aliphatic carbocycles. The van der Waals surface area contributed by atoms with Crippen molar-refractivity contribution in [2.45, 2.75) is 64.3 Å². The molecule has 0 spiro atoms. The maximum Gasteiger partial charge on any atom is 0.410 e. The summed E-state index contributed by atoms with van der Waals surface area (Å²) in [4.78, 5) is 26.0. The lowest BCUT2D eigenvalue weighted by Crippen LogP contribution is -2.63. The molecule has 2 bridgehead atoms. The third kappa shape index (κ3) is 3.06. The Hall–Kier alpha value is -1.30. The summed E-state index contributed by atoms with van der Waals surface area (Å²) in [5.74, 6) is -0.286. The molecule has 2 saturated heterocycles. The third-order valence-corrected chi connectivity index (χ3v) is 3.65. The van der Waals surface area contributed by atoms with E-state index in [0.717, 1.165) is 12.8 Å². The minimum Gasteiger partial charge on any atom is -0.465 e. The lowest BCUT2D eigenvalue weighted by Gasteiger charge is -2.39. The van der Waals surface area contributed by atoms with Gasteiger partial charge in [-0.25, -0.2) is 4.79 Å². The summed E-state index contributed by atoms with van der Waals surface area (Å²) in [6.45, 7) is 8.27. The fourth-order valence-electron chi connectivity index (χ4n) is 2.91. The molecule has 2 heterocycles. The molecule has 0 unspecified atom stereocenters. The van der Waals surface area contributed by atoms with Crippen LogP contribution in [0.3, 0.4) is 0 Å². The van der Waals surface area contributed by atoms with E-state index in [-0.39, 0.29) is 24.1 Å². The van der Waals surface area contributed by atoms with Gasteiger partial charge >= 0.3 is 12.1 Å². The first-order chi connectivity index (χ1) is 9.33. The van der Waals surface area contributed by atoms with Crippen molar-refractivity contribution in [2.75, 3.05) is 13.2 Å². The Labute approximate surface area is 119 Å². The van der Waals surface area contributed by atoms with Crippen molar-refractivity contribution in [3.63, 3.8) is 0 Å². The van der Waals surface area contributed by atoms with Gasteiger partial charge in [0.2, 0.25) is 0 Å². The second kappa shape index (κ2) is 5.60. The molecule has 20 heavy (non-hydrogen) atoms. The van der Waals surface area contributed by atoms with Crippen LogP contribution in [0.5, 0.6) is 0 Å². The summed E-state index contributed by atoms with van der Waals surface area (Å²) in [5, 5.41) is 3.19. The van der Waals surface area contributed by atoms with Gasteiger partial charge in [0.05, 0.1) is 12.6 Å². The second-order valence-electron chi connectivity index (χ2n) is 6.32. The lowest BCUT2D eigenvalue weighted by molar-refractivity contribution is -0.148. The van der Waals surface area contributed by atoms with Crippen LogP contribution < -0.4 is 5.32 Å². The van der Waals surface area contributed by atoms with Gasteiger partial charge in [-0.05, 0) is 40.5 Å². The zero-order valence-corrected chi connectivity index (χ0v) is 12.6. The van der Waals surface area contributed by atoms with Crippen LogP contribution >= 0.6 is 0 Å². The molecule has 0 aromatic rings. The highest BCUT2D eigenvalue weighted by atomic mass is 16.6. The van der Waals surface area contributed by atoms with Crippen molar-refractivity contribution in [1.29, 1.82) is 0 Å². The van der Waals surface area contributed by atoms with Crippen molar-refractivity contribution in [3.8, 4) is 0 Å². The summed E-state index contributed by atoms with van der Waals surface area (Å²) in [6.07, 6.45) is 1.37. The van der Waals surface area contributed by atoms with Gasteiger partial charge in [0.1, 0.15) is 11.6 Å². The topological polar surface area (TPSA) is 67.9 Å². The van der Waals surface area contributed by atoms with Crippen LogP contribution in [-0.2, 0) is 14.3 Å². The monoisotopic (exact) mass is 284 g/mol. The Morgan fingerprint density at radius 1 is 1.30 bits per heavy atom. The Balaban J connectivity index is 2.10. The first-order valence-electron chi connectivity index (χ1n) is 7.25. The zero-order valence-electron chi connectivity index (χ0n) is 12.6. The van der Waals surface area contributed by atoms with Gasteiger partial charge in [-0.15, -0.1) is 0 Å². The first kappa shape index (κ1) is 15.1. The fourth-order valence-corrected chi connectivity index (χ4v) is 2.91. The Morgan fingerprint density at radius 2 is 2.00 bits per heavy atom. The highest BCUT2D eigenvalue weighted by Gasteiger charge is 2.49. The van der Waals surface area contributed by atoms with E-state index in [0.29, 0.717) is 13.2 Å². The molecule has 6 nitrogen and oxygen atoms in total. The van der Waals surface area contributed by atoms with E-state index in [1.165, 1.54) is 0 Å². The smallest absolute Gasteiger partial charge is 0.410 e. The molecule has 1 N–H and O–H groups in total. The fraction of sp³-hybridized carbons (Fsp3) is 0.857. The quantitative estimate of drug-likeness (QED) is 0.774. The van der Waals surface area contributed by atoms with Crippen LogP contribution in [0.1, 0.15) is 40.5 Å². The maximum atomic E-state index is 12.3. The van der Waals surface area contributed by atoms with E-state index >= 15 is 0 Å². The predicted octanol–water partition coefficient (Wildman–Crippen LogP) is 1.29. The molecule has 0 aromatic carbocycles. The predicted molar refractivity (Wildman–Crippen MR) is 73.3 cm³/mol. The second-order valence-corrected chi connectivity index (χ2v) is 6.32. The number of carbonyl (C=O) groups is 2.